The molecule has 444 valence electrons. The molecule has 0 aromatic carbocycles. The molecule has 27 heteroatoms. The number of hydrazine groups is 2. The fourth-order valence-electron chi connectivity index (χ4n) is 8.78. The lowest BCUT2D eigenvalue weighted by atomic mass is 9.83. The van der Waals surface area contributed by atoms with Gasteiger partial charge in [0, 0.05) is 19.5 Å². The van der Waals surface area contributed by atoms with Gasteiger partial charge in [0.25, 0.3) is 11.8 Å². The molecule has 0 spiro atoms. The normalized spacial score (nSPS) is 20.2. The summed E-state index contributed by atoms with van der Waals surface area (Å²) in [4.78, 5) is 112. The van der Waals surface area contributed by atoms with Crippen molar-refractivity contribution in [2.75, 3.05) is 26.3 Å². The summed E-state index contributed by atoms with van der Waals surface area (Å²) in [5.41, 5.74) is 4.96. The number of esters is 2. The molecule has 4 aliphatic rings. The average molecular weight is 1230 g/mol. The molecule has 6 atom stereocenters. The van der Waals surface area contributed by atoms with E-state index in [2.05, 4.69) is 32.1 Å². The summed E-state index contributed by atoms with van der Waals surface area (Å²) in [5.74, 6) is -4.00. The molecule has 2 aliphatic heterocycles. The zero-order chi connectivity index (χ0) is 58.8. The van der Waals surface area contributed by atoms with Gasteiger partial charge in [0.15, 0.2) is 0 Å². The van der Waals surface area contributed by atoms with Gasteiger partial charge in [-0.2, -0.15) is 0 Å². The molecule has 7 N–H and O–H groups in total. The topological polar surface area (TPSA) is 280 Å². The number of hydrogen-bond donors (Lipinski definition) is 7. The third-order valence-electron chi connectivity index (χ3n) is 12.6. The fourth-order valence-corrected chi connectivity index (χ4v) is 9.10. The summed E-state index contributed by atoms with van der Waals surface area (Å²) in [6.07, 6.45) is 17.8. The second-order valence-corrected chi connectivity index (χ2v) is 25.5. The molecule has 4 fully saturated rings. The summed E-state index contributed by atoms with van der Waals surface area (Å²) in [7, 11) is 0. The van der Waals surface area contributed by atoms with Crippen LogP contribution in [-0.2, 0) is 52.6 Å². The van der Waals surface area contributed by atoms with E-state index < -0.39 is 104 Å². The standard InChI is InChI=1S/C23H37Cl3N4O6.C23H35Cl3N4O5.C5H8O2/c1-14(19(32)30-12-8-11-16(29-30)20(33)35-13-23(24,25)26)27-18(31)17(15-9-6-5-7-10-15)28-21(34)36-22(2,3)4;1-3-4-12-18(31)28-19(16-9-6-5-7-10-16)20(32)27-15(2)21(33)30-13-8-11-17(29-30)22(34)35-14-23(24,25)26;1-2-3-4-5(6)7/h14-17,29H,5-13H2,1-4H3,(H,27,31)(H,28,34);3-4,15-17,19,29H,5-14H2,1-2H3,(H,27,32)(H,28,31);2-3H,4H2,1H3,(H,6,7)/b;4-3+;3-2+/t14-,16-,17-;15-,17-,19?;/m00./s1. The highest BCUT2D eigenvalue weighted by Gasteiger charge is 2.39. The van der Waals surface area contributed by atoms with Crippen molar-refractivity contribution in [2.45, 2.75) is 201 Å². The molecule has 2 aliphatic carbocycles. The van der Waals surface area contributed by atoms with Crippen LogP contribution in [0.25, 0.3) is 0 Å². The number of halogens is 6. The first-order chi connectivity index (χ1) is 36.4. The van der Waals surface area contributed by atoms with E-state index in [1.807, 2.05) is 6.92 Å². The van der Waals surface area contributed by atoms with E-state index in [4.69, 9.17) is 88.9 Å². The summed E-state index contributed by atoms with van der Waals surface area (Å²) < 4.78 is 11.9. The number of aliphatic carboxylic acids is 1. The lowest BCUT2D eigenvalue weighted by Crippen LogP contribution is -2.61. The lowest BCUT2D eigenvalue weighted by molar-refractivity contribution is -0.154. The Balaban J connectivity index is 0.000000475. The van der Waals surface area contributed by atoms with Crippen molar-refractivity contribution in [1.82, 2.24) is 42.1 Å². The number of carboxylic acids is 1. The van der Waals surface area contributed by atoms with Gasteiger partial charge in [-0.25, -0.2) is 15.6 Å². The van der Waals surface area contributed by atoms with E-state index in [-0.39, 0.29) is 36.5 Å². The third kappa shape index (κ3) is 28.5. The number of alkyl carbamates (subject to hydrolysis) is 1. The summed E-state index contributed by atoms with van der Waals surface area (Å²) in [6, 6.07) is -4.88. The van der Waals surface area contributed by atoms with E-state index in [9.17, 15) is 43.2 Å². The van der Waals surface area contributed by atoms with Gasteiger partial charge in [0.1, 0.15) is 55.1 Å². The minimum absolute atomic E-state index is 0.0192. The number of carbonyl (C=O) groups is 9. The third-order valence-corrected chi connectivity index (χ3v) is 13.2. The van der Waals surface area contributed by atoms with Gasteiger partial charge in [-0.15, -0.1) is 0 Å². The van der Waals surface area contributed by atoms with Crippen LogP contribution in [-0.4, -0.2) is 144 Å². The van der Waals surface area contributed by atoms with Crippen LogP contribution in [0.1, 0.15) is 151 Å². The van der Waals surface area contributed by atoms with E-state index in [1.54, 1.807) is 65.8 Å². The number of alkyl halides is 6. The Morgan fingerprint density at radius 3 is 1.31 bits per heavy atom. The first-order valence-electron chi connectivity index (χ1n) is 26.4. The van der Waals surface area contributed by atoms with Gasteiger partial charge < -0.3 is 40.6 Å². The van der Waals surface area contributed by atoms with Crippen LogP contribution in [0.4, 0.5) is 4.79 Å². The zero-order valence-electron chi connectivity index (χ0n) is 45.6. The van der Waals surface area contributed by atoms with Crippen LogP contribution >= 0.6 is 69.6 Å². The fraction of sp³-hybridized carbons (Fsp3) is 0.745. The number of carbonyl (C=O) groups excluding carboxylic acids is 8. The first-order valence-corrected chi connectivity index (χ1v) is 28.7. The second kappa shape index (κ2) is 35.1. The maximum atomic E-state index is 13.2. The molecule has 0 bridgehead atoms. The molecule has 0 aromatic heterocycles. The van der Waals surface area contributed by atoms with Gasteiger partial charge in [-0.05, 0) is 112 Å². The van der Waals surface area contributed by atoms with Gasteiger partial charge >= 0.3 is 24.0 Å². The number of allylic oxidation sites excluding steroid dienone is 2. The Morgan fingerprint density at radius 2 is 0.962 bits per heavy atom. The smallest absolute Gasteiger partial charge is 0.408 e. The van der Waals surface area contributed by atoms with Crippen LogP contribution < -0.4 is 32.1 Å². The van der Waals surface area contributed by atoms with Crippen molar-refractivity contribution in [1.29, 1.82) is 0 Å². The largest absolute Gasteiger partial charge is 0.481 e. The van der Waals surface area contributed by atoms with E-state index >= 15 is 0 Å². The van der Waals surface area contributed by atoms with Crippen molar-refractivity contribution in [3.05, 3.63) is 24.3 Å². The van der Waals surface area contributed by atoms with Crippen LogP contribution in [0.5, 0.6) is 0 Å². The molecule has 4 rings (SSSR count). The number of rotatable bonds is 18. The number of ether oxygens (including phenoxy) is 3. The number of nitrogens with zero attached hydrogens (tertiary/aromatic N) is 2. The molecule has 0 aromatic rings. The summed E-state index contributed by atoms with van der Waals surface area (Å²) in [5, 5.41) is 21.6. The predicted molar refractivity (Wildman–Crippen MR) is 298 cm³/mol. The van der Waals surface area contributed by atoms with Crippen molar-refractivity contribution >= 4 is 123 Å². The quantitative estimate of drug-likeness (QED) is 0.0306. The van der Waals surface area contributed by atoms with Gasteiger partial charge in [0.2, 0.25) is 25.3 Å². The minimum atomic E-state index is -1.74. The molecule has 21 nitrogen and oxygen atoms in total. The molecule has 1 unspecified atom stereocenters. The molecule has 78 heavy (non-hydrogen) atoms. The maximum absolute atomic E-state index is 13.2. The molecular formula is C51H80Cl6N8O13. The lowest BCUT2D eigenvalue weighted by Gasteiger charge is -2.35. The highest BCUT2D eigenvalue weighted by molar-refractivity contribution is 6.68. The van der Waals surface area contributed by atoms with Gasteiger partial charge in [-0.1, -0.05) is 132 Å². The van der Waals surface area contributed by atoms with E-state index in [0.29, 0.717) is 38.8 Å². The Kier molecular flexibility index (Phi) is 31.6. The molecule has 2 saturated heterocycles. The Labute approximate surface area is 488 Å². The van der Waals surface area contributed by atoms with Crippen molar-refractivity contribution in [3.8, 4) is 0 Å². The molecule has 2 heterocycles. The Bertz CT molecular complexity index is 2040. The summed E-state index contributed by atoms with van der Waals surface area (Å²) in [6.45, 7) is 11.9. The van der Waals surface area contributed by atoms with Crippen molar-refractivity contribution in [2.24, 2.45) is 11.8 Å². The zero-order valence-corrected chi connectivity index (χ0v) is 50.1. The predicted octanol–water partition coefficient (Wildman–Crippen LogP) is 7.34. The molecule has 2 saturated carbocycles. The molecule has 0 radical (unpaired) electrons. The van der Waals surface area contributed by atoms with Gasteiger partial charge in [-0.3, -0.25) is 48.4 Å². The Hall–Kier alpha value is -3.83. The Morgan fingerprint density at radius 1 is 0.577 bits per heavy atom. The number of amides is 6. The second-order valence-electron chi connectivity index (χ2n) is 20.4. The summed E-state index contributed by atoms with van der Waals surface area (Å²) >= 11 is 33.7. The minimum Gasteiger partial charge on any atom is -0.481 e. The van der Waals surface area contributed by atoms with Crippen LogP contribution in [0.15, 0.2) is 24.3 Å². The van der Waals surface area contributed by atoms with Crippen LogP contribution in [0, 0.1) is 11.8 Å². The molecular weight excluding hydrogens is 1150 g/mol. The first kappa shape index (κ1) is 70.3. The van der Waals surface area contributed by atoms with Crippen LogP contribution in [0.3, 0.4) is 0 Å². The van der Waals surface area contributed by atoms with Crippen molar-refractivity contribution < 1.29 is 62.5 Å². The monoisotopic (exact) mass is 1220 g/mol. The van der Waals surface area contributed by atoms with Crippen LogP contribution in [0.2, 0.25) is 0 Å². The van der Waals surface area contributed by atoms with Gasteiger partial charge in [0.05, 0.1) is 6.42 Å². The molecule has 6 amide bonds. The average Bonchev–Trinajstić information content (AvgIpc) is 3.39. The van der Waals surface area contributed by atoms with E-state index in [1.165, 1.54) is 10.0 Å². The highest BCUT2D eigenvalue weighted by Crippen LogP contribution is 2.30. The van der Waals surface area contributed by atoms with E-state index in [0.717, 1.165) is 64.2 Å². The number of carboxylic acid groups (broad SMARTS) is 1. The number of nitrogens with one attached hydrogen (secondary N) is 6. The maximum Gasteiger partial charge on any atom is 0.408 e. The van der Waals surface area contributed by atoms with Crippen molar-refractivity contribution in [3.63, 3.8) is 0 Å². The highest BCUT2D eigenvalue weighted by atomic mass is 35.6. The SMILES string of the molecule is C/C=C/CC(=O)NC(C(=O)N[C@@H](C)C(=O)N1CCC[C@@H](C(=O)OCC(Cl)(Cl)Cl)N1)C1CCCCC1.C/C=C/CC(=O)O.C[C@H](NC(=O)[C@@H](NC(=O)OC(C)(C)C)C1CCCCC1)C(=O)N1CCC[C@@H](C(=O)OCC(Cl)(Cl)Cl)N1. The number of hydrogen-bond acceptors (Lipinski definition) is 14.